The molecule has 0 amide bonds. The summed E-state index contributed by atoms with van der Waals surface area (Å²) in [6, 6.07) is 6.42. The minimum atomic E-state index is 0.549. The van der Waals surface area contributed by atoms with Crippen molar-refractivity contribution in [2.24, 2.45) is 5.92 Å². The minimum absolute atomic E-state index is 0.549. The molecule has 1 heterocycles. The number of benzene rings is 1. The van der Waals surface area contributed by atoms with Gasteiger partial charge in [-0.3, -0.25) is 4.90 Å². The summed E-state index contributed by atoms with van der Waals surface area (Å²) in [5, 5.41) is 3.38. The molecule has 0 unspecified atom stereocenters. The largest absolute Gasteiger partial charge is 0.492 e. The SMILES string of the molecule is CC(C)COc1ccc(CN2CCNCC2)cc1Br. The molecule has 0 aromatic heterocycles. The van der Waals surface area contributed by atoms with Crippen LogP contribution in [0.1, 0.15) is 19.4 Å². The molecule has 0 bridgehead atoms. The van der Waals surface area contributed by atoms with Crippen molar-refractivity contribution < 1.29 is 4.74 Å². The lowest BCUT2D eigenvalue weighted by molar-refractivity contribution is 0.233. The van der Waals surface area contributed by atoms with Crippen LogP contribution in [0, 0.1) is 5.92 Å². The fourth-order valence-corrected chi connectivity index (χ4v) is 2.68. The number of rotatable bonds is 5. The molecule has 1 fully saturated rings. The van der Waals surface area contributed by atoms with Crippen molar-refractivity contribution in [1.29, 1.82) is 0 Å². The molecule has 4 heteroatoms. The lowest BCUT2D eigenvalue weighted by Crippen LogP contribution is -2.42. The second-order valence-electron chi connectivity index (χ2n) is 5.50. The summed E-state index contributed by atoms with van der Waals surface area (Å²) in [4.78, 5) is 2.48. The molecule has 0 aliphatic carbocycles. The van der Waals surface area contributed by atoms with Crippen LogP contribution in [0.25, 0.3) is 0 Å². The molecule has 19 heavy (non-hydrogen) atoms. The summed E-state index contributed by atoms with van der Waals surface area (Å²) in [6.07, 6.45) is 0. The molecule has 106 valence electrons. The van der Waals surface area contributed by atoms with Crippen LogP contribution < -0.4 is 10.1 Å². The maximum Gasteiger partial charge on any atom is 0.133 e. The first-order valence-electron chi connectivity index (χ1n) is 6.99. The predicted molar refractivity (Wildman–Crippen MR) is 82.6 cm³/mol. The quantitative estimate of drug-likeness (QED) is 0.900. The number of ether oxygens (including phenoxy) is 1. The highest BCUT2D eigenvalue weighted by molar-refractivity contribution is 9.10. The lowest BCUT2D eigenvalue weighted by atomic mass is 10.2. The maximum absolute atomic E-state index is 5.77. The summed E-state index contributed by atoms with van der Waals surface area (Å²) >= 11 is 3.61. The average molecular weight is 327 g/mol. The van der Waals surface area contributed by atoms with Gasteiger partial charge in [0.2, 0.25) is 0 Å². The fourth-order valence-electron chi connectivity index (χ4n) is 2.14. The molecule has 2 rings (SSSR count). The van der Waals surface area contributed by atoms with Crippen LogP contribution in [0.3, 0.4) is 0 Å². The first-order valence-corrected chi connectivity index (χ1v) is 7.79. The van der Waals surface area contributed by atoms with E-state index in [9.17, 15) is 0 Å². The summed E-state index contributed by atoms with van der Waals surface area (Å²) in [6.45, 7) is 10.5. The molecule has 3 nitrogen and oxygen atoms in total. The summed E-state index contributed by atoms with van der Waals surface area (Å²) in [5.74, 6) is 1.49. The van der Waals surface area contributed by atoms with Gasteiger partial charge in [0.05, 0.1) is 11.1 Å². The Bertz CT molecular complexity index is 403. The maximum atomic E-state index is 5.77. The molecule has 0 saturated carbocycles. The second-order valence-corrected chi connectivity index (χ2v) is 6.35. The number of hydrogen-bond acceptors (Lipinski definition) is 3. The average Bonchev–Trinajstić information content (AvgIpc) is 2.39. The van der Waals surface area contributed by atoms with Gasteiger partial charge in [0, 0.05) is 32.7 Å². The van der Waals surface area contributed by atoms with E-state index >= 15 is 0 Å². The molecule has 1 aliphatic rings. The van der Waals surface area contributed by atoms with Gasteiger partial charge in [-0.25, -0.2) is 0 Å². The van der Waals surface area contributed by atoms with E-state index in [1.54, 1.807) is 0 Å². The summed E-state index contributed by atoms with van der Waals surface area (Å²) in [7, 11) is 0. The Kier molecular flexibility index (Phi) is 5.67. The first kappa shape index (κ1) is 14.8. The van der Waals surface area contributed by atoms with Crippen LogP contribution in [-0.2, 0) is 6.54 Å². The Hall–Kier alpha value is -0.580. The van der Waals surface area contributed by atoms with Gasteiger partial charge < -0.3 is 10.1 Å². The molecule has 1 aromatic carbocycles. The highest BCUT2D eigenvalue weighted by Crippen LogP contribution is 2.27. The smallest absolute Gasteiger partial charge is 0.133 e. The van der Waals surface area contributed by atoms with Crippen LogP contribution in [-0.4, -0.2) is 37.7 Å². The third kappa shape index (κ3) is 4.79. The van der Waals surface area contributed by atoms with Gasteiger partial charge >= 0.3 is 0 Å². The standard InChI is InChI=1S/C15H23BrN2O/c1-12(2)11-19-15-4-3-13(9-14(15)16)10-18-7-5-17-6-8-18/h3-4,9,12,17H,5-8,10-11H2,1-2H3. The van der Waals surface area contributed by atoms with E-state index < -0.39 is 0 Å². The molecular weight excluding hydrogens is 304 g/mol. The molecule has 1 aliphatic heterocycles. The fraction of sp³-hybridized carbons (Fsp3) is 0.600. The van der Waals surface area contributed by atoms with Crippen LogP contribution in [0.4, 0.5) is 0 Å². The number of nitrogens with one attached hydrogen (secondary N) is 1. The van der Waals surface area contributed by atoms with Gasteiger partial charge in [0.15, 0.2) is 0 Å². The van der Waals surface area contributed by atoms with Crippen molar-refractivity contribution >= 4 is 15.9 Å². The van der Waals surface area contributed by atoms with E-state index in [1.165, 1.54) is 5.56 Å². The zero-order valence-corrected chi connectivity index (χ0v) is 13.4. The number of hydrogen-bond donors (Lipinski definition) is 1. The molecular formula is C15H23BrN2O. The number of halogens is 1. The van der Waals surface area contributed by atoms with Crippen LogP contribution in [0.2, 0.25) is 0 Å². The monoisotopic (exact) mass is 326 g/mol. The minimum Gasteiger partial charge on any atom is -0.492 e. The van der Waals surface area contributed by atoms with E-state index in [0.29, 0.717) is 5.92 Å². The van der Waals surface area contributed by atoms with Crippen molar-refractivity contribution in [2.45, 2.75) is 20.4 Å². The van der Waals surface area contributed by atoms with E-state index in [4.69, 9.17) is 4.74 Å². The zero-order valence-electron chi connectivity index (χ0n) is 11.8. The molecule has 1 aromatic rings. The molecule has 0 atom stereocenters. The van der Waals surface area contributed by atoms with Gasteiger partial charge in [0.25, 0.3) is 0 Å². The first-order chi connectivity index (χ1) is 9.15. The van der Waals surface area contributed by atoms with Gasteiger partial charge in [-0.05, 0) is 39.5 Å². The normalized spacial score (nSPS) is 16.8. The van der Waals surface area contributed by atoms with Gasteiger partial charge in [-0.2, -0.15) is 0 Å². The highest BCUT2D eigenvalue weighted by atomic mass is 79.9. The number of nitrogens with zero attached hydrogens (tertiary/aromatic N) is 1. The summed E-state index contributed by atoms with van der Waals surface area (Å²) in [5.41, 5.74) is 1.34. The predicted octanol–water partition coefficient (Wildman–Crippen LogP) is 2.89. The van der Waals surface area contributed by atoms with E-state index in [-0.39, 0.29) is 0 Å². The third-order valence-corrected chi connectivity index (χ3v) is 3.80. The van der Waals surface area contributed by atoms with Crippen molar-refractivity contribution in [2.75, 3.05) is 32.8 Å². The zero-order chi connectivity index (χ0) is 13.7. The third-order valence-electron chi connectivity index (χ3n) is 3.18. The van der Waals surface area contributed by atoms with E-state index in [1.807, 2.05) is 0 Å². The van der Waals surface area contributed by atoms with Gasteiger partial charge in [0.1, 0.15) is 5.75 Å². The van der Waals surface area contributed by atoms with Crippen LogP contribution >= 0.6 is 15.9 Å². The Morgan fingerprint density at radius 1 is 1.32 bits per heavy atom. The van der Waals surface area contributed by atoms with Crippen LogP contribution in [0.15, 0.2) is 22.7 Å². The summed E-state index contributed by atoms with van der Waals surface area (Å²) < 4.78 is 6.83. The van der Waals surface area contributed by atoms with Gasteiger partial charge in [-0.1, -0.05) is 19.9 Å². The van der Waals surface area contributed by atoms with Crippen molar-refractivity contribution in [1.82, 2.24) is 10.2 Å². The molecule has 1 saturated heterocycles. The van der Waals surface area contributed by atoms with Crippen molar-refractivity contribution in [3.05, 3.63) is 28.2 Å². The topological polar surface area (TPSA) is 24.5 Å². The lowest BCUT2D eigenvalue weighted by Gasteiger charge is -2.27. The Morgan fingerprint density at radius 3 is 2.68 bits per heavy atom. The van der Waals surface area contributed by atoms with Gasteiger partial charge in [-0.15, -0.1) is 0 Å². The Labute approximate surface area is 124 Å². The Balaban J connectivity index is 1.93. The van der Waals surface area contributed by atoms with E-state index in [0.717, 1.165) is 49.6 Å². The number of piperazine rings is 1. The van der Waals surface area contributed by atoms with Crippen molar-refractivity contribution in [3.63, 3.8) is 0 Å². The second kappa shape index (κ2) is 7.27. The van der Waals surface area contributed by atoms with E-state index in [2.05, 4.69) is 58.2 Å². The molecule has 1 N–H and O–H groups in total. The van der Waals surface area contributed by atoms with Crippen molar-refractivity contribution in [3.8, 4) is 5.75 Å². The molecule has 0 spiro atoms. The van der Waals surface area contributed by atoms with Crippen LogP contribution in [0.5, 0.6) is 5.75 Å². The Morgan fingerprint density at radius 2 is 2.05 bits per heavy atom. The molecule has 0 radical (unpaired) electrons. The highest BCUT2D eigenvalue weighted by Gasteiger charge is 2.11.